The highest BCUT2D eigenvalue weighted by atomic mass is 79.9. The van der Waals surface area contributed by atoms with Crippen LogP contribution in [-0.2, 0) is 0 Å². The third-order valence-corrected chi connectivity index (χ3v) is 3.95. The summed E-state index contributed by atoms with van der Waals surface area (Å²) in [6.45, 7) is 8.81. The number of aryl methyl sites for hydroxylation is 1. The van der Waals surface area contributed by atoms with Crippen LogP contribution < -0.4 is 10.2 Å². The Bertz CT molecular complexity index is 368. The molecule has 2 rings (SSSR count). The topological polar surface area (TPSA) is 15.3 Å². The van der Waals surface area contributed by atoms with E-state index in [9.17, 15) is 0 Å². The minimum absolute atomic E-state index is 0.563. The second-order valence-electron chi connectivity index (χ2n) is 4.81. The molecule has 0 aromatic heterocycles. The van der Waals surface area contributed by atoms with Crippen LogP contribution in [0.3, 0.4) is 0 Å². The number of piperazine rings is 1. The molecule has 2 atom stereocenters. The number of hydrogen-bond donors (Lipinski definition) is 1. The van der Waals surface area contributed by atoms with Gasteiger partial charge in [-0.25, -0.2) is 0 Å². The standard InChI is InChI=1S/C13H19BrN2/c1-9-6-12(4-5-13(9)14)16-7-10(2)15-11(3)8-16/h4-6,10-11,15H,7-8H2,1-3H3. The average molecular weight is 283 g/mol. The van der Waals surface area contributed by atoms with Gasteiger partial charge in [-0.1, -0.05) is 15.9 Å². The Hall–Kier alpha value is -0.540. The molecule has 16 heavy (non-hydrogen) atoms. The lowest BCUT2D eigenvalue weighted by Gasteiger charge is -2.37. The molecule has 1 heterocycles. The molecule has 0 spiro atoms. The zero-order chi connectivity index (χ0) is 11.7. The molecule has 1 fully saturated rings. The summed E-state index contributed by atoms with van der Waals surface area (Å²) in [6.07, 6.45) is 0. The lowest BCUT2D eigenvalue weighted by molar-refractivity contribution is 0.407. The third kappa shape index (κ3) is 2.58. The maximum Gasteiger partial charge on any atom is 0.0370 e. The van der Waals surface area contributed by atoms with Crippen molar-refractivity contribution in [2.75, 3.05) is 18.0 Å². The fraction of sp³-hybridized carbons (Fsp3) is 0.538. The highest BCUT2D eigenvalue weighted by Crippen LogP contribution is 2.24. The average Bonchev–Trinajstić information content (AvgIpc) is 2.20. The molecule has 88 valence electrons. The molecular weight excluding hydrogens is 264 g/mol. The van der Waals surface area contributed by atoms with Gasteiger partial charge in [0.15, 0.2) is 0 Å². The first-order valence-corrected chi connectivity index (χ1v) is 6.62. The van der Waals surface area contributed by atoms with Crippen molar-refractivity contribution in [2.45, 2.75) is 32.9 Å². The minimum Gasteiger partial charge on any atom is -0.368 e. The Kier molecular flexibility index (Phi) is 3.55. The largest absolute Gasteiger partial charge is 0.368 e. The maximum atomic E-state index is 3.55. The van der Waals surface area contributed by atoms with Crippen LogP contribution in [0.5, 0.6) is 0 Å². The fourth-order valence-corrected chi connectivity index (χ4v) is 2.61. The van der Waals surface area contributed by atoms with Crippen molar-refractivity contribution >= 4 is 21.6 Å². The molecule has 1 aromatic rings. The molecule has 3 heteroatoms. The van der Waals surface area contributed by atoms with Crippen LogP contribution in [0, 0.1) is 6.92 Å². The van der Waals surface area contributed by atoms with Gasteiger partial charge < -0.3 is 10.2 Å². The molecular formula is C13H19BrN2. The molecule has 1 aromatic carbocycles. The van der Waals surface area contributed by atoms with Gasteiger partial charge in [-0.3, -0.25) is 0 Å². The van der Waals surface area contributed by atoms with Gasteiger partial charge in [0.2, 0.25) is 0 Å². The normalized spacial score (nSPS) is 25.9. The van der Waals surface area contributed by atoms with Crippen LogP contribution in [0.25, 0.3) is 0 Å². The molecule has 1 aliphatic heterocycles. The summed E-state index contributed by atoms with van der Waals surface area (Å²) >= 11 is 3.55. The molecule has 1 aliphatic rings. The number of benzene rings is 1. The van der Waals surface area contributed by atoms with Crippen molar-refractivity contribution in [2.24, 2.45) is 0 Å². The van der Waals surface area contributed by atoms with Gasteiger partial charge >= 0.3 is 0 Å². The van der Waals surface area contributed by atoms with E-state index in [2.05, 4.69) is 65.1 Å². The summed E-state index contributed by atoms with van der Waals surface area (Å²) in [7, 11) is 0. The lowest BCUT2D eigenvalue weighted by atomic mass is 10.1. The molecule has 0 bridgehead atoms. The van der Waals surface area contributed by atoms with Crippen LogP contribution >= 0.6 is 15.9 Å². The van der Waals surface area contributed by atoms with Gasteiger partial charge in [0.1, 0.15) is 0 Å². The summed E-state index contributed by atoms with van der Waals surface area (Å²) in [5.74, 6) is 0. The minimum atomic E-state index is 0.563. The van der Waals surface area contributed by atoms with Crippen molar-refractivity contribution in [3.8, 4) is 0 Å². The first kappa shape index (κ1) is 11.9. The van der Waals surface area contributed by atoms with Crippen molar-refractivity contribution in [3.05, 3.63) is 28.2 Å². The van der Waals surface area contributed by atoms with Gasteiger partial charge in [0.05, 0.1) is 0 Å². The summed E-state index contributed by atoms with van der Waals surface area (Å²) in [4.78, 5) is 2.46. The van der Waals surface area contributed by atoms with Crippen LogP contribution in [0.2, 0.25) is 0 Å². The molecule has 0 aliphatic carbocycles. The molecule has 1 N–H and O–H groups in total. The van der Waals surface area contributed by atoms with E-state index in [4.69, 9.17) is 0 Å². The number of rotatable bonds is 1. The van der Waals surface area contributed by atoms with Gasteiger partial charge in [-0.15, -0.1) is 0 Å². The highest BCUT2D eigenvalue weighted by Gasteiger charge is 2.21. The van der Waals surface area contributed by atoms with Gasteiger partial charge in [0, 0.05) is 35.3 Å². The molecule has 0 radical (unpaired) electrons. The Morgan fingerprint density at radius 2 is 1.88 bits per heavy atom. The summed E-state index contributed by atoms with van der Waals surface area (Å²) < 4.78 is 1.19. The fourth-order valence-electron chi connectivity index (χ4n) is 2.36. The summed E-state index contributed by atoms with van der Waals surface area (Å²) in [5.41, 5.74) is 2.64. The maximum absolute atomic E-state index is 3.55. The lowest BCUT2D eigenvalue weighted by Crippen LogP contribution is -2.54. The smallest absolute Gasteiger partial charge is 0.0370 e. The van der Waals surface area contributed by atoms with E-state index in [1.165, 1.54) is 15.7 Å². The Balaban J connectivity index is 2.19. The zero-order valence-electron chi connectivity index (χ0n) is 10.1. The van der Waals surface area contributed by atoms with E-state index >= 15 is 0 Å². The van der Waals surface area contributed by atoms with E-state index in [0.717, 1.165) is 13.1 Å². The van der Waals surface area contributed by atoms with Crippen LogP contribution in [0.1, 0.15) is 19.4 Å². The highest BCUT2D eigenvalue weighted by molar-refractivity contribution is 9.10. The monoisotopic (exact) mass is 282 g/mol. The molecule has 2 nitrogen and oxygen atoms in total. The second-order valence-corrected chi connectivity index (χ2v) is 5.66. The summed E-state index contributed by atoms with van der Waals surface area (Å²) in [5, 5.41) is 3.55. The zero-order valence-corrected chi connectivity index (χ0v) is 11.7. The van der Waals surface area contributed by atoms with E-state index in [0.29, 0.717) is 12.1 Å². The quantitative estimate of drug-likeness (QED) is 0.852. The van der Waals surface area contributed by atoms with Crippen molar-refractivity contribution in [1.29, 1.82) is 0 Å². The molecule has 0 amide bonds. The SMILES string of the molecule is Cc1cc(N2CC(C)NC(C)C2)ccc1Br. The van der Waals surface area contributed by atoms with Crippen LogP contribution in [0.4, 0.5) is 5.69 Å². The Labute approximate surface area is 106 Å². The third-order valence-electron chi connectivity index (χ3n) is 3.06. The number of hydrogen-bond acceptors (Lipinski definition) is 2. The van der Waals surface area contributed by atoms with E-state index < -0.39 is 0 Å². The van der Waals surface area contributed by atoms with Gasteiger partial charge in [-0.2, -0.15) is 0 Å². The first-order chi connectivity index (χ1) is 7.56. The Morgan fingerprint density at radius 3 is 2.44 bits per heavy atom. The number of anilines is 1. The van der Waals surface area contributed by atoms with Crippen molar-refractivity contribution in [3.63, 3.8) is 0 Å². The molecule has 0 saturated carbocycles. The van der Waals surface area contributed by atoms with Gasteiger partial charge in [-0.05, 0) is 44.5 Å². The number of nitrogens with zero attached hydrogens (tertiary/aromatic N) is 1. The predicted octanol–water partition coefficient (Wildman–Crippen LogP) is 2.94. The predicted molar refractivity (Wildman–Crippen MR) is 73.2 cm³/mol. The Morgan fingerprint density at radius 1 is 1.25 bits per heavy atom. The van der Waals surface area contributed by atoms with E-state index in [1.807, 2.05) is 0 Å². The van der Waals surface area contributed by atoms with Gasteiger partial charge in [0.25, 0.3) is 0 Å². The second kappa shape index (κ2) is 4.76. The molecule has 2 unspecified atom stereocenters. The van der Waals surface area contributed by atoms with Crippen molar-refractivity contribution < 1.29 is 0 Å². The van der Waals surface area contributed by atoms with Crippen LogP contribution in [0.15, 0.2) is 22.7 Å². The molecule has 1 saturated heterocycles. The van der Waals surface area contributed by atoms with Crippen molar-refractivity contribution in [1.82, 2.24) is 5.32 Å². The van der Waals surface area contributed by atoms with Crippen LogP contribution in [-0.4, -0.2) is 25.2 Å². The number of nitrogens with one attached hydrogen (secondary N) is 1. The summed E-state index contributed by atoms with van der Waals surface area (Å²) in [6, 6.07) is 7.72. The number of halogens is 1. The van der Waals surface area contributed by atoms with E-state index in [-0.39, 0.29) is 0 Å². The van der Waals surface area contributed by atoms with E-state index in [1.54, 1.807) is 0 Å². The first-order valence-electron chi connectivity index (χ1n) is 5.83.